The molecule has 2 saturated heterocycles. The number of aromatic carboxylic acids is 1. The van der Waals surface area contributed by atoms with E-state index in [0.717, 1.165) is 61.9 Å². The predicted molar refractivity (Wildman–Crippen MR) is 118 cm³/mol. The molecule has 0 radical (unpaired) electrons. The highest BCUT2D eigenvalue weighted by Gasteiger charge is 2.48. The molecule has 0 bridgehead atoms. The Hall–Kier alpha value is -2.68. The van der Waals surface area contributed by atoms with Crippen LogP contribution in [0.15, 0.2) is 36.4 Å². The summed E-state index contributed by atoms with van der Waals surface area (Å²) in [5.41, 5.74) is 1.29. The van der Waals surface area contributed by atoms with Gasteiger partial charge in [-0.3, -0.25) is 4.90 Å². The molecule has 2 aliphatic heterocycles. The zero-order chi connectivity index (χ0) is 21.6. The lowest BCUT2D eigenvalue weighted by molar-refractivity contribution is -0.146. The maximum atomic E-state index is 11.3. The van der Waals surface area contributed by atoms with Gasteiger partial charge in [0.1, 0.15) is 22.3 Å². The first-order chi connectivity index (χ1) is 14.9. The van der Waals surface area contributed by atoms with E-state index >= 15 is 0 Å². The lowest BCUT2D eigenvalue weighted by Crippen LogP contribution is -2.62. The number of carboxylic acid groups (broad SMARTS) is 1. The van der Waals surface area contributed by atoms with E-state index in [1.165, 1.54) is 0 Å². The first-order valence-electron chi connectivity index (χ1n) is 10.4. The van der Waals surface area contributed by atoms with Gasteiger partial charge in [-0.2, -0.15) is 0 Å². The Bertz CT molecular complexity index is 1120. The molecule has 162 valence electrons. The number of aromatic amines is 1. The second kappa shape index (κ2) is 7.78. The van der Waals surface area contributed by atoms with Crippen molar-refractivity contribution < 1.29 is 14.6 Å². The van der Waals surface area contributed by atoms with Gasteiger partial charge in [-0.25, -0.2) is 14.8 Å². The van der Waals surface area contributed by atoms with Crippen LogP contribution in [-0.4, -0.2) is 69.8 Å². The van der Waals surface area contributed by atoms with Gasteiger partial charge in [0.05, 0.1) is 22.7 Å². The zero-order valence-electron chi connectivity index (χ0n) is 17.2. The average molecular weight is 442 g/mol. The number of benzene rings is 1. The molecule has 31 heavy (non-hydrogen) atoms. The molecule has 0 unspecified atom stereocenters. The Kier molecular flexibility index (Phi) is 5.08. The van der Waals surface area contributed by atoms with Gasteiger partial charge >= 0.3 is 5.97 Å². The van der Waals surface area contributed by atoms with Gasteiger partial charge < -0.3 is 19.7 Å². The third-order valence-electron chi connectivity index (χ3n) is 6.50. The number of hydrogen-bond donors (Lipinski definition) is 2. The summed E-state index contributed by atoms with van der Waals surface area (Å²) in [7, 11) is 0. The van der Waals surface area contributed by atoms with Gasteiger partial charge in [-0.05, 0) is 43.7 Å². The molecule has 4 heterocycles. The number of piperazine rings is 1. The molecule has 5 rings (SSSR count). The minimum atomic E-state index is -0.950. The summed E-state index contributed by atoms with van der Waals surface area (Å²) in [6.45, 7) is 6.19. The first-order valence-corrected chi connectivity index (χ1v) is 10.8. The van der Waals surface area contributed by atoms with Gasteiger partial charge in [0.2, 0.25) is 0 Å². The highest BCUT2D eigenvalue weighted by Crippen LogP contribution is 2.39. The lowest BCUT2D eigenvalue weighted by atomic mass is 9.86. The number of ether oxygens (including phenoxy) is 1. The lowest BCUT2D eigenvalue weighted by Gasteiger charge is -2.51. The van der Waals surface area contributed by atoms with Crippen molar-refractivity contribution in [2.45, 2.75) is 25.0 Å². The summed E-state index contributed by atoms with van der Waals surface area (Å²) in [4.78, 5) is 28.7. The third kappa shape index (κ3) is 3.54. The highest BCUT2D eigenvalue weighted by molar-refractivity contribution is 6.29. The summed E-state index contributed by atoms with van der Waals surface area (Å²) in [5.74, 6) is 0.747. The fourth-order valence-electron chi connectivity index (χ4n) is 4.54. The number of nitrogens with zero attached hydrogens (tertiary/aromatic N) is 4. The van der Waals surface area contributed by atoms with Crippen molar-refractivity contribution in [2.75, 3.05) is 37.7 Å². The van der Waals surface area contributed by atoms with Crippen LogP contribution in [0.4, 0.5) is 5.82 Å². The minimum Gasteiger partial charge on any atom is -0.478 e. The van der Waals surface area contributed by atoms with Crippen LogP contribution in [0.3, 0.4) is 0 Å². The first kappa shape index (κ1) is 20.2. The summed E-state index contributed by atoms with van der Waals surface area (Å²) >= 11 is 6.07. The average Bonchev–Trinajstić information content (AvgIpc) is 3.16. The molecule has 1 aromatic carbocycles. The molecule has 8 nitrogen and oxygen atoms in total. The van der Waals surface area contributed by atoms with Crippen LogP contribution in [0, 0.1) is 0 Å². The molecule has 3 aromatic rings. The van der Waals surface area contributed by atoms with E-state index in [4.69, 9.17) is 21.3 Å². The molecule has 2 N–H and O–H groups in total. The summed E-state index contributed by atoms with van der Waals surface area (Å²) in [6.07, 6.45) is 0.993. The molecular formula is C22H24ClN5O3. The number of halogens is 1. The molecule has 0 saturated carbocycles. The topological polar surface area (TPSA) is 94.6 Å². The second-order valence-corrected chi connectivity index (χ2v) is 8.60. The Morgan fingerprint density at radius 1 is 1.23 bits per heavy atom. The van der Waals surface area contributed by atoms with Crippen LogP contribution in [-0.2, 0) is 10.3 Å². The number of pyridine rings is 1. The van der Waals surface area contributed by atoms with Crippen LogP contribution in [0.1, 0.15) is 29.5 Å². The Morgan fingerprint density at radius 2 is 2.00 bits per heavy atom. The van der Waals surface area contributed by atoms with Crippen molar-refractivity contribution in [1.29, 1.82) is 0 Å². The van der Waals surface area contributed by atoms with Crippen LogP contribution >= 0.6 is 11.6 Å². The fraction of sp³-hybridized carbons (Fsp3) is 0.409. The molecule has 2 aromatic heterocycles. The minimum absolute atomic E-state index is 0.0304. The number of aromatic nitrogens is 3. The molecule has 0 spiro atoms. The highest BCUT2D eigenvalue weighted by atomic mass is 35.5. The van der Waals surface area contributed by atoms with E-state index in [1.54, 1.807) is 24.3 Å². The standard InChI is InChI=1S/C22H24ClN5O3/c1-22(17-7-12-31-17,21-24-15-6-5-14(20(29)30)13-16(15)25-21)28-10-8-27(9-11-28)19-4-2-3-18(23)26-19/h2-6,13,17H,7-12H2,1H3,(H,24,25)(H,29,30)/t17-,22+/m0/s1. The smallest absolute Gasteiger partial charge is 0.335 e. The maximum absolute atomic E-state index is 11.3. The number of carboxylic acids is 1. The number of imidazole rings is 1. The Morgan fingerprint density at radius 3 is 2.65 bits per heavy atom. The normalized spacial score (nSPS) is 21.6. The van der Waals surface area contributed by atoms with Gasteiger partial charge in [0.25, 0.3) is 0 Å². The van der Waals surface area contributed by atoms with Crippen molar-refractivity contribution in [3.05, 3.63) is 52.9 Å². The number of nitrogens with one attached hydrogen (secondary N) is 1. The summed E-state index contributed by atoms with van der Waals surface area (Å²) in [5, 5.41) is 9.80. The Labute approximate surface area is 184 Å². The van der Waals surface area contributed by atoms with E-state index in [9.17, 15) is 9.90 Å². The van der Waals surface area contributed by atoms with E-state index in [-0.39, 0.29) is 11.7 Å². The van der Waals surface area contributed by atoms with Crippen LogP contribution in [0.5, 0.6) is 0 Å². The number of anilines is 1. The number of H-pyrrole nitrogens is 1. The van der Waals surface area contributed by atoms with Crippen molar-refractivity contribution >= 4 is 34.4 Å². The summed E-state index contributed by atoms with van der Waals surface area (Å²) < 4.78 is 5.95. The monoisotopic (exact) mass is 441 g/mol. The van der Waals surface area contributed by atoms with E-state index in [0.29, 0.717) is 5.15 Å². The largest absolute Gasteiger partial charge is 0.478 e. The van der Waals surface area contributed by atoms with Crippen molar-refractivity contribution in [3.63, 3.8) is 0 Å². The Balaban J connectivity index is 1.43. The predicted octanol–water partition coefficient (Wildman–Crippen LogP) is 3.14. The van der Waals surface area contributed by atoms with Gasteiger partial charge in [-0.1, -0.05) is 17.7 Å². The van der Waals surface area contributed by atoms with Crippen LogP contribution < -0.4 is 4.90 Å². The number of hydrogen-bond acceptors (Lipinski definition) is 6. The molecule has 2 aliphatic rings. The maximum Gasteiger partial charge on any atom is 0.335 e. The molecule has 2 fully saturated rings. The van der Waals surface area contributed by atoms with Crippen LogP contribution in [0.2, 0.25) is 5.15 Å². The van der Waals surface area contributed by atoms with Gasteiger partial charge in [0, 0.05) is 32.8 Å². The summed E-state index contributed by atoms with van der Waals surface area (Å²) in [6, 6.07) is 10.7. The molecule has 0 amide bonds. The van der Waals surface area contributed by atoms with Crippen molar-refractivity contribution in [1.82, 2.24) is 19.9 Å². The SMILES string of the molecule is C[C@](c1nc2ccc(C(=O)O)cc2[nH]1)([C@@H]1CCO1)N1CCN(c2cccc(Cl)n2)CC1. The molecule has 9 heteroatoms. The molecular weight excluding hydrogens is 418 g/mol. The van der Waals surface area contributed by atoms with E-state index < -0.39 is 11.5 Å². The zero-order valence-corrected chi connectivity index (χ0v) is 18.0. The number of carbonyl (C=O) groups is 1. The van der Waals surface area contributed by atoms with Crippen molar-refractivity contribution in [2.24, 2.45) is 0 Å². The fourth-order valence-corrected chi connectivity index (χ4v) is 4.70. The van der Waals surface area contributed by atoms with E-state index in [2.05, 4.69) is 26.7 Å². The molecule has 0 aliphatic carbocycles. The van der Waals surface area contributed by atoms with Crippen molar-refractivity contribution in [3.8, 4) is 0 Å². The second-order valence-electron chi connectivity index (χ2n) is 8.21. The number of fused-ring (bicyclic) bond motifs is 1. The quantitative estimate of drug-likeness (QED) is 0.587. The third-order valence-corrected chi connectivity index (χ3v) is 6.71. The van der Waals surface area contributed by atoms with E-state index in [1.807, 2.05) is 12.1 Å². The number of rotatable bonds is 5. The van der Waals surface area contributed by atoms with Gasteiger partial charge in [-0.15, -0.1) is 0 Å². The molecule has 2 atom stereocenters. The van der Waals surface area contributed by atoms with Gasteiger partial charge in [0.15, 0.2) is 0 Å². The van der Waals surface area contributed by atoms with Crippen LogP contribution in [0.25, 0.3) is 11.0 Å².